The van der Waals surface area contributed by atoms with E-state index in [1.807, 2.05) is 24.3 Å². The molecule has 0 radical (unpaired) electrons. The topological polar surface area (TPSA) is 79.0 Å². The van der Waals surface area contributed by atoms with Crippen LogP contribution in [-0.4, -0.2) is 29.3 Å². The first kappa shape index (κ1) is 17.0. The Bertz CT molecular complexity index is 794. The summed E-state index contributed by atoms with van der Waals surface area (Å²) in [6.45, 7) is 3.92. The third-order valence-corrected chi connectivity index (χ3v) is 4.38. The van der Waals surface area contributed by atoms with E-state index in [0.717, 1.165) is 18.8 Å². The Morgan fingerprint density at radius 1 is 1.16 bits per heavy atom. The molecule has 0 aromatic heterocycles. The summed E-state index contributed by atoms with van der Waals surface area (Å²) in [4.78, 5) is 17.1. The zero-order chi connectivity index (χ0) is 17.8. The molecule has 3 rings (SSSR count). The SMILES string of the molecule is Cc1cc(C=Nc2ccc(N3CCCCC3)cc2)c(O)c([N+](=O)[O-])c1. The molecule has 0 unspecified atom stereocenters. The van der Waals surface area contributed by atoms with Gasteiger partial charge in [-0.1, -0.05) is 0 Å². The molecular weight excluding hydrogens is 318 g/mol. The second kappa shape index (κ2) is 7.34. The summed E-state index contributed by atoms with van der Waals surface area (Å²) in [5.41, 5.74) is 2.66. The molecule has 0 aliphatic carbocycles. The van der Waals surface area contributed by atoms with Gasteiger partial charge in [0.05, 0.1) is 10.6 Å². The van der Waals surface area contributed by atoms with Crippen LogP contribution in [0.2, 0.25) is 0 Å². The number of aryl methyl sites for hydroxylation is 1. The summed E-state index contributed by atoms with van der Waals surface area (Å²) in [5, 5.41) is 21.0. The number of hydrogen-bond acceptors (Lipinski definition) is 5. The number of nitro groups is 1. The van der Waals surface area contributed by atoms with E-state index in [0.29, 0.717) is 11.1 Å². The first-order valence-electron chi connectivity index (χ1n) is 8.41. The van der Waals surface area contributed by atoms with Crippen molar-refractivity contribution in [2.24, 2.45) is 4.99 Å². The number of aromatic hydroxyl groups is 1. The van der Waals surface area contributed by atoms with Crippen molar-refractivity contribution in [2.75, 3.05) is 18.0 Å². The minimum atomic E-state index is -0.590. The van der Waals surface area contributed by atoms with Gasteiger partial charge < -0.3 is 10.0 Å². The molecule has 6 heteroatoms. The quantitative estimate of drug-likeness (QED) is 0.510. The van der Waals surface area contributed by atoms with E-state index < -0.39 is 4.92 Å². The highest BCUT2D eigenvalue weighted by molar-refractivity contribution is 5.87. The maximum Gasteiger partial charge on any atom is 0.311 e. The summed E-state index contributed by atoms with van der Waals surface area (Å²) in [6, 6.07) is 10.9. The second-order valence-electron chi connectivity index (χ2n) is 6.30. The molecule has 6 nitrogen and oxygen atoms in total. The average molecular weight is 339 g/mol. The lowest BCUT2D eigenvalue weighted by atomic mass is 10.1. The standard InChI is InChI=1S/C19H21N3O3/c1-14-11-15(19(23)18(12-14)22(24)25)13-20-16-5-7-17(8-6-16)21-9-3-2-4-10-21/h5-8,11-13,23H,2-4,9-10H2,1H3. The molecule has 130 valence electrons. The molecule has 1 saturated heterocycles. The second-order valence-corrected chi connectivity index (χ2v) is 6.30. The lowest BCUT2D eigenvalue weighted by Gasteiger charge is -2.28. The predicted molar refractivity (Wildman–Crippen MR) is 99.3 cm³/mol. The van der Waals surface area contributed by atoms with Crippen molar-refractivity contribution in [1.82, 2.24) is 0 Å². The fourth-order valence-electron chi connectivity index (χ4n) is 3.07. The summed E-state index contributed by atoms with van der Waals surface area (Å²) in [6.07, 6.45) is 5.22. The van der Waals surface area contributed by atoms with Gasteiger partial charge in [0.2, 0.25) is 5.75 Å². The van der Waals surface area contributed by atoms with Gasteiger partial charge in [0.1, 0.15) is 0 Å². The molecule has 25 heavy (non-hydrogen) atoms. The van der Waals surface area contributed by atoms with Crippen LogP contribution in [0.1, 0.15) is 30.4 Å². The zero-order valence-corrected chi connectivity index (χ0v) is 14.2. The van der Waals surface area contributed by atoms with Gasteiger partial charge in [-0.2, -0.15) is 0 Å². The molecule has 1 heterocycles. The normalized spacial score (nSPS) is 14.8. The van der Waals surface area contributed by atoms with Crippen molar-refractivity contribution in [2.45, 2.75) is 26.2 Å². The summed E-state index contributed by atoms with van der Waals surface area (Å²) in [7, 11) is 0. The predicted octanol–water partition coefficient (Wildman–Crippen LogP) is 4.35. The smallest absolute Gasteiger partial charge is 0.311 e. The number of anilines is 1. The lowest BCUT2D eigenvalue weighted by Crippen LogP contribution is -2.29. The number of rotatable bonds is 4. The van der Waals surface area contributed by atoms with E-state index in [9.17, 15) is 15.2 Å². The minimum Gasteiger partial charge on any atom is -0.502 e. The Kier molecular flexibility index (Phi) is 4.97. The molecule has 0 amide bonds. The Hall–Kier alpha value is -2.89. The van der Waals surface area contributed by atoms with Gasteiger partial charge in [0, 0.05) is 36.6 Å². The Balaban J connectivity index is 1.79. The summed E-state index contributed by atoms with van der Waals surface area (Å²) < 4.78 is 0. The summed E-state index contributed by atoms with van der Waals surface area (Å²) >= 11 is 0. The molecule has 2 aromatic carbocycles. The Morgan fingerprint density at radius 2 is 1.84 bits per heavy atom. The molecule has 0 atom stereocenters. The zero-order valence-electron chi connectivity index (χ0n) is 14.2. The van der Waals surface area contributed by atoms with Crippen LogP contribution in [0.25, 0.3) is 0 Å². The van der Waals surface area contributed by atoms with Crippen LogP contribution in [0.4, 0.5) is 17.1 Å². The molecule has 1 aliphatic rings. The van der Waals surface area contributed by atoms with Crippen molar-refractivity contribution in [1.29, 1.82) is 0 Å². The average Bonchev–Trinajstić information content (AvgIpc) is 2.63. The third kappa shape index (κ3) is 3.96. The number of hydrogen-bond donors (Lipinski definition) is 1. The minimum absolute atomic E-state index is 0.304. The van der Waals surface area contributed by atoms with E-state index in [1.165, 1.54) is 37.2 Å². The maximum atomic E-state index is 11.0. The number of phenolic OH excluding ortho intramolecular Hbond substituents is 1. The first-order chi connectivity index (χ1) is 12.0. The van der Waals surface area contributed by atoms with Gasteiger partial charge >= 0.3 is 5.69 Å². The number of nitrogens with zero attached hydrogens (tertiary/aromatic N) is 3. The van der Waals surface area contributed by atoms with Crippen LogP contribution < -0.4 is 4.90 Å². The molecule has 0 bridgehead atoms. The number of nitro benzene ring substituents is 1. The van der Waals surface area contributed by atoms with E-state index in [1.54, 1.807) is 13.0 Å². The van der Waals surface area contributed by atoms with Crippen molar-refractivity contribution in [3.63, 3.8) is 0 Å². The largest absolute Gasteiger partial charge is 0.502 e. The highest BCUT2D eigenvalue weighted by atomic mass is 16.6. The van der Waals surface area contributed by atoms with Gasteiger partial charge in [0.15, 0.2) is 0 Å². The van der Waals surface area contributed by atoms with Gasteiger partial charge in [0.25, 0.3) is 0 Å². The fourth-order valence-corrected chi connectivity index (χ4v) is 3.07. The number of piperidine rings is 1. The van der Waals surface area contributed by atoms with Crippen LogP contribution in [0.5, 0.6) is 5.75 Å². The molecule has 1 aliphatic heterocycles. The van der Waals surface area contributed by atoms with Crippen LogP contribution in [-0.2, 0) is 0 Å². The number of aliphatic imine (C=N–C) groups is 1. The Labute approximate surface area is 146 Å². The van der Waals surface area contributed by atoms with E-state index in [-0.39, 0.29) is 11.4 Å². The van der Waals surface area contributed by atoms with Crippen molar-refractivity contribution in [3.05, 3.63) is 57.6 Å². The van der Waals surface area contributed by atoms with Crippen LogP contribution in [0.15, 0.2) is 41.4 Å². The van der Waals surface area contributed by atoms with E-state index >= 15 is 0 Å². The van der Waals surface area contributed by atoms with Gasteiger partial charge in [-0.3, -0.25) is 15.1 Å². The molecule has 0 saturated carbocycles. The first-order valence-corrected chi connectivity index (χ1v) is 8.41. The third-order valence-electron chi connectivity index (χ3n) is 4.38. The van der Waals surface area contributed by atoms with Crippen molar-refractivity contribution < 1.29 is 10.0 Å². The Morgan fingerprint density at radius 3 is 2.48 bits per heavy atom. The molecular formula is C19H21N3O3. The fraction of sp³-hybridized carbons (Fsp3) is 0.316. The molecule has 2 aromatic rings. The van der Waals surface area contributed by atoms with Gasteiger partial charge in [-0.05, 0) is 62.1 Å². The van der Waals surface area contributed by atoms with Gasteiger partial charge in [-0.25, -0.2) is 0 Å². The monoisotopic (exact) mass is 339 g/mol. The maximum absolute atomic E-state index is 11.0. The lowest BCUT2D eigenvalue weighted by molar-refractivity contribution is -0.385. The van der Waals surface area contributed by atoms with E-state index in [2.05, 4.69) is 9.89 Å². The molecule has 0 spiro atoms. The highest BCUT2D eigenvalue weighted by Gasteiger charge is 2.17. The van der Waals surface area contributed by atoms with Crippen LogP contribution in [0.3, 0.4) is 0 Å². The van der Waals surface area contributed by atoms with E-state index in [4.69, 9.17) is 0 Å². The number of benzene rings is 2. The highest BCUT2D eigenvalue weighted by Crippen LogP contribution is 2.30. The summed E-state index contributed by atoms with van der Waals surface area (Å²) in [5.74, 6) is -0.357. The number of phenols is 1. The van der Waals surface area contributed by atoms with Crippen molar-refractivity contribution >= 4 is 23.3 Å². The van der Waals surface area contributed by atoms with Crippen molar-refractivity contribution in [3.8, 4) is 5.75 Å². The van der Waals surface area contributed by atoms with Crippen LogP contribution in [0, 0.1) is 17.0 Å². The molecule has 1 N–H and O–H groups in total. The molecule has 1 fully saturated rings. The van der Waals surface area contributed by atoms with Crippen LogP contribution >= 0.6 is 0 Å². The van der Waals surface area contributed by atoms with Gasteiger partial charge in [-0.15, -0.1) is 0 Å².